The molecule has 0 aliphatic carbocycles. The zero-order valence-corrected chi connectivity index (χ0v) is 13.6. The first-order valence-corrected chi connectivity index (χ1v) is 8.09. The summed E-state index contributed by atoms with van der Waals surface area (Å²) >= 11 is 0. The minimum absolute atomic E-state index is 0.169. The Morgan fingerprint density at radius 2 is 1.80 bits per heavy atom. The van der Waals surface area contributed by atoms with Crippen molar-refractivity contribution in [3.8, 4) is 0 Å². The second-order valence-electron chi connectivity index (χ2n) is 6.47. The van der Waals surface area contributed by atoms with E-state index in [2.05, 4.69) is 0 Å². The van der Waals surface area contributed by atoms with Gasteiger partial charge in [0.1, 0.15) is 11.4 Å². The lowest BCUT2D eigenvalue weighted by atomic mass is 9.93. The molecule has 2 atom stereocenters. The Balaban J connectivity index is 1.64. The highest BCUT2D eigenvalue weighted by molar-refractivity contribution is 5.87. The lowest BCUT2D eigenvalue weighted by Gasteiger charge is -2.25. The van der Waals surface area contributed by atoms with Crippen LogP contribution in [0.5, 0.6) is 0 Å². The van der Waals surface area contributed by atoms with E-state index < -0.39 is 17.7 Å². The van der Waals surface area contributed by atoms with Crippen LogP contribution in [0.4, 0.5) is 4.39 Å². The van der Waals surface area contributed by atoms with Gasteiger partial charge in [-0.25, -0.2) is 9.18 Å². The largest absolute Gasteiger partial charge is 0.478 e. The summed E-state index contributed by atoms with van der Waals surface area (Å²) in [7, 11) is 0. The first kappa shape index (κ1) is 17.5. The maximum absolute atomic E-state index is 13.1. The number of halogens is 1. The van der Waals surface area contributed by atoms with Gasteiger partial charge in [-0.05, 0) is 41.8 Å². The molecular weight excluding hydrogens is 325 g/mol. The molecule has 0 aromatic heterocycles. The number of carboxylic acid groups (broad SMARTS) is 1. The standard InChI is InChI=1S/C19H20FNO4/c20-16-7-5-15(6-8-16)19(25)9-10-21(12-19)11-17(22)13-1-3-14(4-2-13)18(23)24/h1-8,17,22,25H,9-12H2,(H,23,24). The van der Waals surface area contributed by atoms with Crippen molar-refractivity contribution in [2.24, 2.45) is 0 Å². The van der Waals surface area contributed by atoms with Gasteiger partial charge in [-0.3, -0.25) is 4.90 Å². The van der Waals surface area contributed by atoms with Gasteiger partial charge in [0.25, 0.3) is 0 Å². The zero-order valence-electron chi connectivity index (χ0n) is 13.6. The van der Waals surface area contributed by atoms with Crippen molar-refractivity contribution in [3.63, 3.8) is 0 Å². The molecule has 1 saturated heterocycles. The Labute approximate surface area is 145 Å². The predicted octanol–water partition coefficient (Wildman–Crippen LogP) is 2.15. The number of aromatic carboxylic acids is 1. The molecule has 1 fully saturated rings. The molecule has 1 heterocycles. The highest BCUT2D eigenvalue weighted by Crippen LogP contribution is 2.33. The van der Waals surface area contributed by atoms with E-state index in [0.717, 1.165) is 0 Å². The summed E-state index contributed by atoms with van der Waals surface area (Å²) in [6.45, 7) is 1.29. The van der Waals surface area contributed by atoms with Crippen LogP contribution in [0, 0.1) is 5.82 Å². The molecule has 0 radical (unpaired) electrons. The summed E-state index contributed by atoms with van der Waals surface area (Å²) in [4.78, 5) is 12.8. The van der Waals surface area contributed by atoms with Crippen molar-refractivity contribution in [1.82, 2.24) is 4.90 Å². The van der Waals surface area contributed by atoms with Crippen LogP contribution < -0.4 is 0 Å². The number of β-amino-alcohol motifs (C(OH)–C–C–N with tert-alkyl or cyclic N) is 2. The van der Waals surface area contributed by atoms with Gasteiger partial charge in [0.2, 0.25) is 0 Å². The molecule has 5 nitrogen and oxygen atoms in total. The van der Waals surface area contributed by atoms with Gasteiger partial charge in [-0.2, -0.15) is 0 Å². The number of rotatable bonds is 5. The number of likely N-dealkylation sites (tertiary alicyclic amines) is 1. The number of aliphatic hydroxyl groups is 2. The van der Waals surface area contributed by atoms with Gasteiger partial charge >= 0.3 is 5.97 Å². The summed E-state index contributed by atoms with van der Waals surface area (Å²) in [6.07, 6.45) is -0.276. The van der Waals surface area contributed by atoms with Crippen LogP contribution in [0.15, 0.2) is 48.5 Å². The van der Waals surface area contributed by atoms with E-state index in [1.165, 1.54) is 24.3 Å². The van der Waals surface area contributed by atoms with Crippen LogP contribution in [0.1, 0.15) is 34.0 Å². The predicted molar refractivity (Wildman–Crippen MR) is 89.7 cm³/mol. The Kier molecular flexibility index (Phi) is 4.85. The Morgan fingerprint density at radius 3 is 2.40 bits per heavy atom. The number of carboxylic acids is 1. The van der Waals surface area contributed by atoms with Crippen molar-refractivity contribution in [1.29, 1.82) is 0 Å². The van der Waals surface area contributed by atoms with Crippen LogP contribution >= 0.6 is 0 Å². The number of benzene rings is 2. The first-order valence-electron chi connectivity index (χ1n) is 8.09. The number of hydrogen-bond acceptors (Lipinski definition) is 4. The normalized spacial score (nSPS) is 22.0. The SMILES string of the molecule is O=C(O)c1ccc(C(O)CN2CCC(O)(c3ccc(F)cc3)C2)cc1. The smallest absolute Gasteiger partial charge is 0.335 e. The maximum Gasteiger partial charge on any atom is 0.335 e. The lowest BCUT2D eigenvalue weighted by molar-refractivity contribution is 0.0384. The van der Waals surface area contributed by atoms with Gasteiger partial charge in [-0.1, -0.05) is 24.3 Å². The molecule has 0 spiro atoms. The quantitative estimate of drug-likeness (QED) is 0.774. The fourth-order valence-corrected chi connectivity index (χ4v) is 3.22. The molecule has 3 N–H and O–H groups in total. The van der Waals surface area contributed by atoms with E-state index in [1.807, 2.05) is 4.90 Å². The fraction of sp³-hybridized carbons (Fsp3) is 0.316. The molecule has 0 saturated carbocycles. The van der Waals surface area contributed by atoms with Crippen LogP contribution in [0.25, 0.3) is 0 Å². The third-order valence-corrected chi connectivity index (χ3v) is 4.68. The van der Waals surface area contributed by atoms with E-state index in [-0.39, 0.29) is 11.4 Å². The topological polar surface area (TPSA) is 81.0 Å². The third-order valence-electron chi connectivity index (χ3n) is 4.68. The van der Waals surface area contributed by atoms with E-state index in [9.17, 15) is 19.4 Å². The minimum Gasteiger partial charge on any atom is -0.478 e. The molecular formula is C19H20FNO4. The van der Waals surface area contributed by atoms with Gasteiger partial charge in [0.15, 0.2) is 0 Å². The van der Waals surface area contributed by atoms with Gasteiger partial charge in [-0.15, -0.1) is 0 Å². The first-order chi connectivity index (χ1) is 11.9. The Morgan fingerprint density at radius 1 is 1.16 bits per heavy atom. The van der Waals surface area contributed by atoms with Gasteiger partial charge in [0.05, 0.1) is 11.7 Å². The molecule has 132 valence electrons. The molecule has 2 aromatic carbocycles. The van der Waals surface area contributed by atoms with E-state index in [4.69, 9.17) is 5.11 Å². The van der Waals surface area contributed by atoms with Crippen LogP contribution in [-0.2, 0) is 5.60 Å². The highest BCUT2D eigenvalue weighted by atomic mass is 19.1. The van der Waals surface area contributed by atoms with Gasteiger partial charge in [0, 0.05) is 19.6 Å². The monoisotopic (exact) mass is 345 g/mol. The Hall–Kier alpha value is -2.28. The molecule has 3 rings (SSSR count). The summed E-state index contributed by atoms with van der Waals surface area (Å²) in [5.74, 6) is -1.35. The average Bonchev–Trinajstić information content (AvgIpc) is 2.97. The van der Waals surface area contributed by atoms with Crippen molar-refractivity contribution in [2.75, 3.05) is 19.6 Å². The number of aliphatic hydroxyl groups excluding tert-OH is 1. The number of nitrogens with zero attached hydrogens (tertiary/aromatic N) is 1. The molecule has 0 bridgehead atoms. The van der Waals surface area contributed by atoms with Crippen molar-refractivity contribution in [2.45, 2.75) is 18.1 Å². The molecule has 2 unspecified atom stereocenters. The summed E-state index contributed by atoms with van der Waals surface area (Å²) in [5, 5.41) is 30.1. The number of carbonyl (C=O) groups is 1. The van der Waals surface area contributed by atoms with Crippen LogP contribution in [0.3, 0.4) is 0 Å². The second kappa shape index (κ2) is 6.92. The highest BCUT2D eigenvalue weighted by Gasteiger charge is 2.38. The van der Waals surface area contributed by atoms with E-state index >= 15 is 0 Å². The molecule has 0 amide bonds. The van der Waals surface area contributed by atoms with Crippen molar-refractivity contribution < 1.29 is 24.5 Å². The molecule has 2 aromatic rings. The summed E-state index contributed by atoms with van der Waals surface area (Å²) < 4.78 is 13.1. The molecule has 25 heavy (non-hydrogen) atoms. The summed E-state index contributed by atoms with van der Waals surface area (Å²) in [5.41, 5.74) is 0.405. The minimum atomic E-state index is -1.05. The van der Waals surface area contributed by atoms with Crippen molar-refractivity contribution in [3.05, 3.63) is 71.0 Å². The average molecular weight is 345 g/mol. The van der Waals surface area contributed by atoms with E-state index in [1.54, 1.807) is 24.3 Å². The van der Waals surface area contributed by atoms with E-state index in [0.29, 0.717) is 37.2 Å². The maximum atomic E-state index is 13.1. The molecule has 6 heteroatoms. The number of hydrogen-bond donors (Lipinski definition) is 3. The Bertz CT molecular complexity index is 747. The van der Waals surface area contributed by atoms with Crippen molar-refractivity contribution >= 4 is 5.97 Å². The summed E-state index contributed by atoms with van der Waals surface area (Å²) in [6, 6.07) is 11.9. The fourth-order valence-electron chi connectivity index (χ4n) is 3.22. The van der Waals surface area contributed by atoms with Crippen LogP contribution in [-0.4, -0.2) is 45.8 Å². The zero-order chi connectivity index (χ0) is 18.0. The van der Waals surface area contributed by atoms with Gasteiger partial charge < -0.3 is 15.3 Å². The molecule has 1 aliphatic heterocycles. The molecule has 1 aliphatic rings. The lowest BCUT2D eigenvalue weighted by Crippen LogP contribution is -2.33. The second-order valence-corrected chi connectivity index (χ2v) is 6.47. The third kappa shape index (κ3) is 3.87. The van der Waals surface area contributed by atoms with Crippen LogP contribution in [0.2, 0.25) is 0 Å².